The first-order chi connectivity index (χ1) is 11.6. The number of carbonyl (C=O) groups excluding carboxylic acids is 1. The first-order valence-electron chi connectivity index (χ1n) is 7.98. The van der Waals surface area contributed by atoms with Gasteiger partial charge in [-0.05, 0) is 38.0 Å². The van der Waals surface area contributed by atoms with Crippen molar-refractivity contribution in [2.24, 2.45) is 0 Å². The number of benzene rings is 1. The maximum Gasteiger partial charge on any atom is 0.323 e. The van der Waals surface area contributed by atoms with E-state index in [9.17, 15) is 9.59 Å². The van der Waals surface area contributed by atoms with E-state index >= 15 is 0 Å². The van der Waals surface area contributed by atoms with E-state index < -0.39 is 5.97 Å². The lowest BCUT2D eigenvalue weighted by molar-refractivity contribution is -0.138. The van der Waals surface area contributed by atoms with Crippen molar-refractivity contribution in [3.05, 3.63) is 23.8 Å². The van der Waals surface area contributed by atoms with Crippen LogP contribution in [0.2, 0.25) is 0 Å². The Kier molecular flexibility index (Phi) is 6.43. The van der Waals surface area contributed by atoms with E-state index in [1.165, 1.54) is 12.0 Å². The molecule has 0 unspecified atom stereocenters. The summed E-state index contributed by atoms with van der Waals surface area (Å²) in [5.74, 6) is -0.362. The lowest BCUT2D eigenvalue weighted by atomic mass is 10.0. The average molecular weight is 337 g/mol. The van der Waals surface area contributed by atoms with Crippen LogP contribution in [0.15, 0.2) is 18.2 Å². The van der Waals surface area contributed by atoms with Crippen LogP contribution in [0.3, 0.4) is 0 Å². The fraction of sp³-hybridized carbons (Fsp3) is 0.529. The molecule has 0 bridgehead atoms. The van der Waals surface area contributed by atoms with Gasteiger partial charge in [0.25, 0.3) is 5.91 Å². The van der Waals surface area contributed by atoms with Gasteiger partial charge in [-0.3, -0.25) is 9.59 Å². The van der Waals surface area contributed by atoms with Crippen LogP contribution in [0.4, 0.5) is 0 Å². The Bertz CT molecular complexity index is 582. The molecule has 1 aromatic rings. The maximum absolute atomic E-state index is 12.9. The molecule has 1 heterocycles. The molecule has 132 valence electrons. The zero-order valence-electron chi connectivity index (χ0n) is 14.0. The summed E-state index contributed by atoms with van der Waals surface area (Å²) in [4.78, 5) is 25.5. The Morgan fingerprint density at radius 3 is 2.58 bits per heavy atom. The van der Waals surface area contributed by atoms with Crippen LogP contribution >= 0.6 is 0 Å². The highest BCUT2D eigenvalue weighted by Crippen LogP contribution is 2.29. The van der Waals surface area contributed by atoms with Gasteiger partial charge in [0, 0.05) is 24.8 Å². The molecule has 0 spiro atoms. The molecule has 1 N–H and O–H groups in total. The van der Waals surface area contributed by atoms with Crippen molar-refractivity contribution in [1.82, 2.24) is 4.90 Å². The number of aliphatic carboxylic acids is 1. The largest absolute Gasteiger partial charge is 0.493 e. The Morgan fingerprint density at radius 1 is 1.29 bits per heavy atom. The molecule has 1 aromatic carbocycles. The molecular formula is C17H23NO6. The summed E-state index contributed by atoms with van der Waals surface area (Å²) >= 11 is 0. The predicted octanol–water partition coefficient (Wildman–Crippen LogP) is 1.80. The summed E-state index contributed by atoms with van der Waals surface area (Å²) < 4.78 is 16.0. The van der Waals surface area contributed by atoms with E-state index in [1.807, 2.05) is 6.92 Å². The number of amides is 1. The van der Waals surface area contributed by atoms with Crippen molar-refractivity contribution in [2.45, 2.75) is 25.8 Å². The summed E-state index contributed by atoms with van der Waals surface area (Å²) in [5.41, 5.74) is 0.381. The minimum absolute atomic E-state index is 0.139. The molecule has 7 nitrogen and oxygen atoms in total. The standard InChI is InChI=1S/C17H23NO6/c1-3-24-15-10-12(4-5-14(15)22-2)17(21)18(11-16(19)20)13-6-8-23-9-7-13/h4-5,10,13H,3,6-9,11H2,1-2H3,(H,19,20). The number of carbonyl (C=O) groups is 2. The van der Waals surface area contributed by atoms with Gasteiger partial charge in [-0.2, -0.15) is 0 Å². The number of hydrogen-bond donors (Lipinski definition) is 1. The fourth-order valence-electron chi connectivity index (χ4n) is 2.75. The van der Waals surface area contributed by atoms with Crippen LogP contribution in [0.1, 0.15) is 30.1 Å². The molecular weight excluding hydrogens is 314 g/mol. The van der Waals surface area contributed by atoms with Gasteiger partial charge in [0.15, 0.2) is 11.5 Å². The van der Waals surface area contributed by atoms with Gasteiger partial charge in [0.2, 0.25) is 0 Å². The number of carboxylic acids is 1. The molecule has 7 heteroatoms. The highest BCUT2D eigenvalue weighted by Gasteiger charge is 2.28. The van der Waals surface area contributed by atoms with Crippen LogP contribution in [0, 0.1) is 0 Å². The van der Waals surface area contributed by atoms with Crippen LogP contribution in [-0.4, -0.2) is 61.4 Å². The van der Waals surface area contributed by atoms with E-state index in [0.29, 0.717) is 49.7 Å². The zero-order valence-corrected chi connectivity index (χ0v) is 14.0. The van der Waals surface area contributed by atoms with Crippen LogP contribution < -0.4 is 9.47 Å². The minimum Gasteiger partial charge on any atom is -0.493 e. The van der Waals surface area contributed by atoms with E-state index in [4.69, 9.17) is 19.3 Å². The minimum atomic E-state index is -1.03. The maximum atomic E-state index is 12.9. The van der Waals surface area contributed by atoms with Gasteiger partial charge in [-0.15, -0.1) is 0 Å². The molecule has 0 aliphatic carbocycles. The Labute approximate surface area is 141 Å². The van der Waals surface area contributed by atoms with Gasteiger partial charge in [-0.1, -0.05) is 0 Å². The average Bonchev–Trinajstić information content (AvgIpc) is 2.60. The summed E-state index contributed by atoms with van der Waals surface area (Å²) in [6.07, 6.45) is 1.26. The summed E-state index contributed by atoms with van der Waals surface area (Å²) in [7, 11) is 1.53. The van der Waals surface area contributed by atoms with Gasteiger partial charge in [0.1, 0.15) is 6.54 Å². The van der Waals surface area contributed by atoms with E-state index in [2.05, 4.69) is 0 Å². The normalized spacial score (nSPS) is 14.9. The van der Waals surface area contributed by atoms with Crippen molar-refractivity contribution in [2.75, 3.05) is 33.5 Å². The Morgan fingerprint density at radius 2 is 2.00 bits per heavy atom. The summed E-state index contributed by atoms with van der Waals surface area (Å²) in [5, 5.41) is 9.16. The zero-order chi connectivity index (χ0) is 17.5. The van der Waals surface area contributed by atoms with Gasteiger partial charge in [0.05, 0.1) is 13.7 Å². The number of ether oxygens (including phenoxy) is 3. The molecule has 1 amide bonds. The highest BCUT2D eigenvalue weighted by molar-refractivity contribution is 5.96. The van der Waals surface area contributed by atoms with E-state index in [-0.39, 0.29) is 18.5 Å². The van der Waals surface area contributed by atoms with Crippen molar-refractivity contribution in [3.8, 4) is 11.5 Å². The van der Waals surface area contributed by atoms with Crippen molar-refractivity contribution < 1.29 is 28.9 Å². The van der Waals surface area contributed by atoms with Crippen molar-refractivity contribution in [3.63, 3.8) is 0 Å². The molecule has 0 aromatic heterocycles. The molecule has 0 radical (unpaired) electrons. The number of carboxylic acid groups (broad SMARTS) is 1. The first kappa shape index (κ1) is 18.1. The second-order valence-electron chi connectivity index (χ2n) is 5.47. The molecule has 1 saturated heterocycles. The predicted molar refractivity (Wildman–Crippen MR) is 86.7 cm³/mol. The molecule has 24 heavy (non-hydrogen) atoms. The third-order valence-electron chi connectivity index (χ3n) is 3.91. The summed E-state index contributed by atoms with van der Waals surface area (Å²) in [6.45, 7) is 3.00. The van der Waals surface area contributed by atoms with Crippen LogP contribution in [-0.2, 0) is 9.53 Å². The third-order valence-corrected chi connectivity index (χ3v) is 3.91. The first-order valence-corrected chi connectivity index (χ1v) is 7.98. The van der Waals surface area contributed by atoms with E-state index in [0.717, 1.165) is 0 Å². The molecule has 1 fully saturated rings. The molecule has 2 rings (SSSR count). The highest BCUT2D eigenvalue weighted by atomic mass is 16.5. The van der Waals surface area contributed by atoms with Crippen molar-refractivity contribution >= 4 is 11.9 Å². The lowest BCUT2D eigenvalue weighted by Crippen LogP contribution is -2.46. The number of nitrogens with zero attached hydrogens (tertiary/aromatic N) is 1. The monoisotopic (exact) mass is 337 g/mol. The SMILES string of the molecule is CCOc1cc(C(=O)N(CC(=O)O)C2CCOCC2)ccc1OC. The topological polar surface area (TPSA) is 85.3 Å². The fourth-order valence-corrected chi connectivity index (χ4v) is 2.75. The van der Waals surface area contributed by atoms with Crippen molar-refractivity contribution in [1.29, 1.82) is 0 Å². The molecule has 0 atom stereocenters. The number of rotatable bonds is 7. The lowest BCUT2D eigenvalue weighted by Gasteiger charge is -2.33. The van der Waals surface area contributed by atoms with E-state index in [1.54, 1.807) is 18.2 Å². The Hall–Kier alpha value is -2.28. The second kappa shape index (κ2) is 8.54. The third kappa shape index (κ3) is 4.38. The van der Waals surface area contributed by atoms with Gasteiger partial charge < -0.3 is 24.2 Å². The van der Waals surface area contributed by atoms with Crippen LogP contribution in [0.25, 0.3) is 0 Å². The van der Waals surface area contributed by atoms with Gasteiger partial charge >= 0.3 is 5.97 Å². The second-order valence-corrected chi connectivity index (χ2v) is 5.47. The number of methoxy groups -OCH3 is 1. The molecule has 0 saturated carbocycles. The Balaban J connectivity index is 2.27. The molecule has 1 aliphatic rings. The van der Waals surface area contributed by atoms with Crippen LogP contribution in [0.5, 0.6) is 11.5 Å². The summed E-state index contributed by atoms with van der Waals surface area (Å²) in [6, 6.07) is 4.73. The smallest absolute Gasteiger partial charge is 0.323 e. The quantitative estimate of drug-likeness (QED) is 0.816. The molecule has 1 aliphatic heterocycles. The number of hydrogen-bond acceptors (Lipinski definition) is 5. The van der Waals surface area contributed by atoms with Gasteiger partial charge in [-0.25, -0.2) is 0 Å².